The number of alkyl halides is 6. The van der Waals surface area contributed by atoms with Crippen molar-refractivity contribution in [2.24, 2.45) is 23.2 Å². The Morgan fingerprint density at radius 1 is 0.915 bits per heavy atom. The number of fused-ring (bicyclic) bond motifs is 3. The summed E-state index contributed by atoms with van der Waals surface area (Å²) < 4.78 is 108. The van der Waals surface area contributed by atoms with E-state index in [4.69, 9.17) is 0 Å². The predicted octanol–water partition coefficient (Wildman–Crippen LogP) is 7.36. The number of pyridine rings is 1. The van der Waals surface area contributed by atoms with Crippen LogP contribution in [0.3, 0.4) is 0 Å². The van der Waals surface area contributed by atoms with Gasteiger partial charge in [-0.05, 0) is 85.9 Å². The van der Waals surface area contributed by atoms with Crippen LogP contribution >= 0.6 is 0 Å². The van der Waals surface area contributed by atoms with E-state index in [0.29, 0.717) is 36.8 Å². The van der Waals surface area contributed by atoms with E-state index in [1.807, 2.05) is 6.92 Å². The first kappa shape index (κ1) is 34.6. The van der Waals surface area contributed by atoms with E-state index >= 15 is 0 Å². The van der Waals surface area contributed by atoms with Gasteiger partial charge in [0.1, 0.15) is 0 Å². The lowest BCUT2D eigenvalue weighted by Gasteiger charge is -2.66. The molecule has 3 aliphatic carbocycles. The molecule has 0 saturated heterocycles. The number of halogens is 6. The summed E-state index contributed by atoms with van der Waals surface area (Å²) in [6.45, 7) is 7.72. The van der Waals surface area contributed by atoms with Crippen LogP contribution in [0.4, 0.5) is 26.3 Å². The number of unbranched alkanes of at least 4 members (excludes halogenated alkanes) is 1. The minimum Gasteiger partial charge on any atom is -0.346 e. The van der Waals surface area contributed by atoms with Crippen LogP contribution < -0.4 is 10.0 Å². The van der Waals surface area contributed by atoms with Gasteiger partial charge < -0.3 is 5.32 Å². The largest absolute Gasteiger partial charge is 0.416 e. The molecule has 2 amide bonds. The van der Waals surface area contributed by atoms with Crippen LogP contribution in [0.1, 0.15) is 74.9 Å². The number of benzene rings is 2. The molecule has 1 heterocycles. The molecule has 47 heavy (non-hydrogen) atoms. The number of rotatable bonds is 8. The highest BCUT2D eigenvalue weighted by molar-refractivity contribution is 7.90. The van der Waals surface area contributed by atoms with Crippen molar-refractivity contribution in [3.05, 3.63) is 65.2 Å². The third kappa shape index (κ3) is 6.70. The van der Waals surface area contributed by atoms with E-state index in [0.717, 1.165) is 6.42 Å². The Morgan fingerprint density at radius 2 is 1.55 bits per heavy atom. The first-order valence-electron chi connectivity index (χ1n) is 15.2. The maximum Gasteiger partial charge on any atom is 0.416 e. The van der Waals surface area contributed by atoms with Crippen molar-refractivity contribution in [2.45, 2.75) is 71.3 Å². The Balaban J connectivity index is 1.43. The van der Waals surface area contributed by atoms with E-state index in [2.05, 4.69) is 28.9 Å². The molecule has 3 aromatic rings. The Labute approximate surface area is 268 Å². The van der Waals surface area contributed by atoms with Crippen LogP contribution in [0.5, 0.6) is 0 Å². The first-order chi connectivity index (χ1) is 21.7. The average molecular weight is 684 g/mol. The number of aromatic nitrogens is 1. The van der Waals surface area contributed by atoms with E-state index in [-0.39, 0.29) is 51.4 Å². The summed E-state index contributed by atoms with van der Waals surface area (Å²) in [5.74, 6) is -2.12. The number of sulfonamides is 1. The molecule has 2 aromatic carbocycles. The first-order valence-corrected chi connectivity index (χ1v) is 16.9. The van der Waals surface area contributed by atoms with E-state index in [1.165, 1.54) is 30.3 Å². The molecule has 2 N–H and O–H groups in total. The molecule has 14 heteroatoms. The molecule has 6 rings (SSSR count). The van der Waals surface area contributed by atoms with Crippen LogP contribution in [-0.4, -0.2) is 36.5 Å². The highest BCUT2D eigenvalue weighted by Crippen LogP contribution is 2.64. The third-order valence-electron chi connectivity index (χ3n) is 10.00. The minimum atomic E-state index is -5.01. The molecule has 254 valence electrons. The molecule has 0 radical (unpaired) electrons. The maximum absolute atomic E-state index is 13.7. The van der Waals surface area contributed by atoms with Gasteiger partial charge in [-0.2, -0.15) is 26.3 Å². The van der Waals surface area contributed by atoms with Gasteiger partial charge in [0.2, 0.25) is 15.9 Å². The molecule has 0 aliphatic heterocycles. The van der Waals surface area contributed by atoms with Crippen molar-refractivity contribution < 1.29 is 44.3 Å². The molecule has 2 bridgehead atoms. The van der Waals surface area contributed by atoms with Gasteiger partial charge in [-0.1, -0.05) is 33.3 Å². The van der Waals surface area contributed by atoms with E-state index < -0.39 is 56.8 Å². The number of nitrogens with zero attached hydrogens (tertiary/aromatic N) is 1. The summed E-state index contributed by atoms with van der Waals surface area (Å²) in [4.78, 5) is 31.3. The number of hydrogen-bond acceptors (Lipinski definition) is 5. The fourth-order valence-electron chi connectivity index (χ4n) is 7.22. The van der Waals surface area contributed by atoms with Crippen molar-refractivity contribution in [3.8, 4) is 11.3 Å². The van der Waals surface area contributed by atoms with Gasteiger partial charge in [0.15, 0.2) is 0 Å². The smallest absolute Gasteiger partial charge is 0.346 e. The van der Waals surface area contributed by atoms with Crippen molar-refractivity contribution in [2.75, 3.05) is 5.75 Å². The fraction of sp³-hybridized carbons (Fsp3) is 0.485. The number of amides is 2. The number of carbonyl (C=O) groups excluding carboxylic acids is 2. The molecule has 3 fully saturated rings. The van der Waals surface area contributed by atoms with Crippen LogP contribution in [0.2, 0.25) is 0 Å². The zero-order valence-corrected chi connectivity index (χ0v) is 27.0. The Bertz CT molecular complexity index is 1810. The summed E-state index contributed by atoms with van der Waals surface area (Å²) in [5.41, 5.74) is -4.30. The van der Waals surface area contributed by atoms with Crippen molar-refractivity contribution in [1.82, 2.24) is 15.0 Å². The molecule has 1 unspecified atom stereocenters. The second kappa shape index (κ2) is 11.8. The zero-order valence-electron chi connectivity index (χ0n) is 26.1. The molecule has 7 nitrogen and oxygen atoms in total. The summed E-state index contributed by atoms with van der Waals surface area (Å²) in [7, 11) is -3.85. The van der Waals surface area contributed by atoms with Gasteiger partial charge in [-0.3, -0.25) is 14.3 Å². The molecular formula is C33H35F6N3O4S. The molecule has 0 spiro atoms. The summed E-state index contributed by atoms with van der Waals surface area (Å²) in [5, 5.41) is 3.43. The van der Waals surface area contributed by atoms with Gasteiger partial charge in [-0.15, -0.1) is 0 Å². The summed E-state index contributed by atoms with van der Waals surface area (Å²) in [6, 6.07) is 8.32. The maximum atomic E-state index is 13.7. The van der Waals surface area contributed by atoms with Crippen LogP contribution in [0.15, 0.2) is 48.5 Å². The predicted molar refractivity (Wildman–Crippen MR) is 163 cm³/mol. The average Bonchev–Trinajstić information content (AvgIpc) is 2.97. The molecule has 1 aromatic heterocycles. The zero-order chi connectivity index (χ0) is 34.7. The second-order valence-electron chi connectivity index (χ2n) is 13.4. The summed E-state index contributed by atoms with van der Waals surface area (Å²) >= 11 is 0. The third-order valence-corrected chi connectivity index (χ3v) is 11.3. The quantitative estimate of drug-likeness (QED) is 0.242. The minimum absolute atomic E-state index is 0.0483. The van der Waals surface area contributed by atoms with E-state index in [9.17, 15) is 44.3 Å². The highest BCUT2D eigenvalue weighted by atomic mass is 32.2. The lowest BCUT2D eigenvalue weighted by Crippen LogP contribution is -2.72. The Kier molecular flexibility index (Phi) is 8.68. The lowest BCUT2D eigenvalue weighted by atomic mass is 9.40. The van der Waals surface area contributed by atoms with E-state index in [1.54, 1.807) is 6.92 Å². The molecular weight excluding hydrogens is 648 g/mol. The normalized spacial score (nSPS) is 24.0. The van der Waals surface area contributed by atoms with Crippen molar-refractivity contribution in [3.63, 3.8) is 0 Å². The number of carbonyl (C=O) groups is 2. The van der Waals surface area contributed by atoms with Crippen LogP contribution in [0, 0.1) is 23.2 Å². The van der Waals surface area contributed by atoms with Gasteiger partial charge in [0, 0.05) is 16.5 Å². The number of hydrogen-bond donors (Lipinski definition) is 2. The molecule has 3 aliphatic rings. The number of nitrogens with one attached hydrogen (secondary N) is 2. The Hall–Kier alpha value is -3.68. The van der Waals surface area contributed by atoms with Gasteiger partial charge in [0.05, 0.1) is 39.5 Å². The topological polar surface area (TPSA) is 105 Å². The summed E-state index contributed by atoms with van der Waals surface area (Å²) in [6.07, 6.45) is -7.84. The van der Waals surface area contributed by atoms with Gasteiger partial charge >= 0.3 is 12.4 Å². The van der Waals surface area contributed by atoms with Gasteiger partial charge in [-0.25, -0.2) is 13.4 Å². The van der Waals surface area contributed by atoms with Crippen LogP contribution in [0.25, 0.3) is 22.2 Å². The fourth-order valence-corrected chi connectivity index (χ4v) is 8.44. The SMILES string of the molecule is CCCCS(=O)(=O)NC(=O)[C@@H]1CC2C[C@H](C2(C)C)[C@]1(C)NC(=O)c1ccc2nc(-c3cc(C(F)(F)F)cc(C(F)(F)F)c3)ccc2c1. The second-order valence-corrected chi connectivity index (χ2v) is 15.2. The lowest BCUT2D eigenvalue weighted by molar-refractivity contribution is -0.164. The standard InChI is InChI=1S/C33H35F6N3O4S/c1-5-6-11-47(45,46)42-29(44)24-16-21-17-27(30(21,2)3)31(24,4)41-28(43)19-8-10-25-18(12-19)7-9-26(40-25)20-13-22(32(34,35)36)15-23(14-20)33(37,38)39/h7-10,12-15,21,24,27H,5-6,11,16-17H2,1-4H3,(H,41,43)(H,42,44)/t21?,24-,27+,31+/m0/s1. The van der Waals surface area contributed by atoms with Crippen molar-refractivity contribution in [1.29, 1.82) is 0 Å². The Morgan fingerprint density at radius 3 is 2.13 bits per heavy atom. The molecule has 4 atom stereocenters. The highest BCUT2D eigenvalue weighted by Gasteiger charge is 2.65. The van der Waals surface area contributed by atoms with Gasteiger partial charge in [0.25, 0.3) is 5.91 Å². The van der Waals surface area contributed by atoms with Crippen molar-refractivity contribution >= 4 is 32.7 Å². The van der Waals surface area contributed by atoms with Crippen LogP contribution in [-0.2, 0) is 27.2 Å². The molecule has 3 saturated carbocycles. The monoisotopic (exact) mass is 683 g/mol.